The molecule has 0 amide bonds. The highest BCUT2D eigenvalue weighted by Crippen LogP contribution is 1.98. The van der Waals surface area contributed by atoms with Crippen molar-refractivity contribution in [3.63, 3.8) is 0 Å². The molecule has 0 spiro atoms. The van der Waals surface area contributed by atoms with Crippen molar-refractivity contribution in [2.75, 3.05) is 12.4 Å². The summed E-state index contributed by atoms with van der Waals surface area (Å²) in [7, 11) is 0. The van der Waals surface area contributed by atoms with Gasteiger partial charge in [-0.1, -0.05) is 6.08 Å². The van der Waals surface area contributed by atoms with Crippen molar-refractivity contribution >= 4 is 11.8 Å². The fraction of sp³-hybridized carbons (Fsp3) is 0.500. The number of rotatable bonds is 0. The largest absolute Gasteiger partial charge is 0.253 e. The monoisotopic (exact) mass is 116 g/mol. The minimum atomic E-state index is 0.938. The Kier molecular flexibility index (Phi) is 2.26. The van der Waals surface area contributed by atoms with Gasteiger partial charge < -0.3 is 0 Å². The molecule has 0 saturated heterocycles. The van der Waals surface area contributed by atoms with Crippen LogP contribution in [0.2, 0.25) is 0 Å². The van der Waals surface area contributed by atoms with Crippen LogP contribution in [0, 0.1) is 0 Å². The van der Waals surface area contributed by atoms with Crippen molar-refractivity contribution in [2.24, 2.45) is 0 Å². The summed E-state index contributed by atoms with van der Waals surface area (Å²) in [6.07, 6.45) is 2.09. The second-order valence-corrected chi connectivity index (χ2v) is 2.13. The Morgan fingerprint density at radius 1 is 1.43 bits per heavy atom. The molecule has 3 heteroatoms. The van der Waals surface area contributed by atoms with E-state index in [1.54, 1.807) is 11.8 Å². The van der Waals surface area contributed by atoms with Crippen LogP contribution >= 0.6 is 11.8 Å². The molecular formula is C4H8N2S. The van der Waals surface area contributed by atoms with Crippen molar-refractivity contribution in [3.05, 3.63) is 11.5 Å². The first-order chi connectivity index (χ1) is 3.50. The molecule has 0 aromatic rings. The van der Waals surface area contributed by atoms with Crippen molar-refractivity contribution in [1.82, 2.24) is 10.9 Å². The number of hydrazine groups is 1. The van der Waals surface area contributed by atoms with Gasteiger partial charge in [0.25, 0.3) is 0 Å². The van der Waals surface area contributed by atoms with E-state index < -0.39 is 0 Å². The zero-order chi connectivity index (χ0) is 4.95. The molecule has 0 saturated carbocycles. The summed E-state index contributed by atoms with van der Waals surface area (Å²) in [6.45, 7) is 0.938. The summed E-state index contributed by atoms with van der Waals surface area (Å²) in [4.78, 5) is 0. The van der Waals surface area contributed by atoms with Crippen LogP contribution < -0.4 is 10.9 Å². The van der Waals surface area contributed by atoms with E-state index in [1.165, 1.54) is 0 Å². The Morgan fingerprint density at radius 2 is 2.43 bits per heavy atom. The summed E-state index contributed by atoms with van der Waals surface area (Å²) in [6, 6.07) is 0. The zero-order valence-electron chi connectivity index (χ0n) is 3.98. The lowest BCUT2D eigenvalue weighted by Gasteiger charge is -1.95. The van der Waals surface area contributed by atoms with Gasteiger partial charge in [0.2, 0.25) is 0 Å². The summed E-state index contributed by atoms with van der Waals surface area (Å²) in [5.74, 6) is 0.969. The summed E-state index contributed by atoms with van der Waals surface area (Å²) in [5, 5.41) is 2.09. The lowest BCUT2D eigenvalue weighted by atomic mass is 10.7. The quantitative estimate of drug-likeness (QED) is 0.476. The molecule has 0 radical (unpaired) electrons. The van der Waals surface area contributed by atoms with Crippen LogP contribution in [0.3, 0.4) is 0 Å². The Balaban J connectivity index is 2.20. The van der Waals surface area contributed by atoms with E-state index in [-0.39, 0.29) is 0 Å². The number of hydrogen-bond acceptors (Lipinski definition) is 3. The third-order valence-electron chi connectivity index (χ3n) is 0.693. The molecule has 1 heterocycles. The molecule has 0 atom stereocenters. The third kappa shape index (κ3) is 1.97. The van der Waals surface area contributed by atoms with Gasteiger partial charge in [-0.2, -0.15) is 0 Å². The molecule has 1 rings (SSSR count). The Bertz CT molecular complexity index is 64.1. The van der Waals surface area contributed by atoms with Gasteiger partial charge in [-0.25, -0.2) is 5.43 Å². The normalized spacial score (nSPS) is 21.7. The van der Waals surface area contributed by atoms with Crippen LogP contribution in [0.5, 0.6) is 0 Å². The van der Waals surface area contributed by atoms with E-state index in [2.05, 4.69) is 22.3 Å². The third-order valence-corrected chi connectivity index (χ3v) is 1.39. The molecule has 0 aliphatic carbocycles. The Morgan fingerprint density at radius 3 is 3.43 bits per heavy atom. The maximum atomic E-state index is 3.00. The molecule has 0 fully saturated rings. The standard InChI is InChI=1S/C4H8N2S/c1-2-5-6-4-7-3-1/h1,3,5-6H,2,4H2. The zero-order valence-corrected chi connectivity index (χ0v) is 4.79. The molecule has 0 bridgehead atoms. The van der Waals surface area contributed by atoms with Gasteiger partial charge in [-0.3, -0.25) is 5.43 Å². The van der Waals surface area contributed by atoms with Gasteiger partial charge >= 0.3 is 0 Å². The maximum Gasteiger partial charge on any atom is 0.0598 e. The molecule has 1 aliphatic heterocycles. The van der Waals surface area contributed by atoms with Gasteiger partial charge in [0.15, 0.2) is 0 Å². The highest BCUT2D eigenvalue weighted by atomic mass is 32.2. The number of hydrogen-bond donors (Lipinski definition) is 2. The van der Waals surface area contributed by atoms with Crippen LogP contribution in [0.4, 0.5) is 0 Å². The summed E-state index contributed by atoms with van der Waals surface area (Å²) < 4.78 is 0. The predicted octanol–water partition coefficient (Wildman–Crippen LogP) is 0.299. The Hall–Kier alpha value is 0.01000. The van der Waals surface area contributed by atoms with E-state index in [4.69, 9.17) is 0 Å². The molecule has 0 aromatic carbocycles. The van der Waals surface area contributed by atoms with E-state index in [9.17, 15) is 0 Å². The smallest absolute Gasteiger partial charge is 0.0598 e. The SMILES string of the molecule is C1=CSCNNC1. The fourth-order valence-electron chi connectivity index (χ4n) is 0.388. The molecule has 2 N–H and O–H groups in total. The van der Waals surface area contributed by atoms with E-state index in [1.807, 2.05) is 0 Å². The van der Waals surface area contributed by atoms with Crippen molar-refractivity contribution in [2.45, 2.75) is 0 Å². The van der Waals surface area contributed by atoms with Gasteiger partial charge in [-0.15, -0.1) is 11.8 Å². The van der Waals surface area contributed by atoms with Crippen LogP contribution in [-0.2, 0) is 0 Å². The second-order valence-electron chi connectivity index (χ2n) is 1.24. The van der Waals surface area contributed by atoms with Crippen LogP contribution in [0.25, 0.3) is 0 Å². The van der Waals surface area contributed by atoms with Crippen molar-refractivity contribution in [3.8, 4) is 0 Å². The first kappa shape index (κ1) is 5.15. The maximum absolute atomic E-state index is 3.00. The molecular weight excluding hydrogens is 108 g/mol. The van der Waals surface area contributed by atoms with Crippen LogP contribution in [0.1, 0.15) is 0 Å². The van der Waals surface area contributed by atoms with Crippen molar-refractivity contribution in [1.29, 1.82) is 0 Å². The molecule has 7 heavy (non-hydrogen) atoms. The molecule has 40 valence electrons. The number of nitrogens with one attached hydrogen (secondary N) is 2. The van der Waals surface area contributed by atoms with E-state index in [0.29, 0.717) is 0 Å². The Labute approximate surface area is 47.3 Å². The lowest BCUT2D eigenvalue weighted by molar-refractivity contribution is 0.636. The minimum absolute atomic E-state index is 0.938. The summed E-state index contributed by atoms with van der Waals surface area (Å²) >= 11 is 1.76. The van der Waals surface area contributed by atoms with Crippen molar-refractivity contribution < 1.29 is 0 Å². The van der Waals surface area contributed by atoms with Gasteiger partial charge in [0, 0.05) is 6.54 Å². The first-order valence-corrected chi connectivity index (χ1v) is 3.27. The van der Waals surface area contributed by atoms with E-state index >= 15 is 0 Å². The van der Waals surface area contributed by atoms with Gasteiger partial charge in [0.1, 0.15) is 0 Å². The lowest BCUT2D eigenvalue weighted by Crippen LogP contribution is -2.29. The highest BCUT2D eigenvalue weighted by Gasteiger charge is 1.84. The van der Waals surface area contributed by atoms with Crippen LogP contribution in [-0.4, -0.2) is 12.4 Å². The fourth-order valence-corrected chi connectivity index (χ4v) is 0.902. The molecule has 2 nitrogen and oxygen atoms in total. The molecule has 0 unspecified atom stereocenters. The van der Waals surface area contributed by atoms with Gasteiger partial charge in [-0.05, 0) is 5.41 Å². The average molecular weight is 116 g/mol. The topological polar surface area (TPSA) is 24.1 Å². The first-order valence-electron chi connectivity index (χ1n) is 2.22. The average Bonchev–Trinajstić information content (AvgIpc) is 1.90. The van der Waals surface area contributed by atoms with E-state index in [0.717, 1.165) is 12.4 Å². The second kappa shape index (κ2) is 3.07. The summed E-state index contributed by atoms with van der Waals surface area (Å²) in [5.41, 5.74) is 5.99. The predicted molar refractivity (Wildman–Crippen MR) is 32.7 cm³/mol. The molecule has 0 aromatic heterocycles. The molecule has 1 aliphatic rings. The number of thioether (sulfide) groups is 1. The minimum Gasteiger partial charge on any atom is -0.253 e. The van der Waals surface area contributed by atoms with Gasteiger partial charge in [0.05, 0.1) is 5.88 Å². The highest BCUT2D eigenvalue weighted by molar-refractivity contribution is 8.02. The van der Waals surface area contributed by atoms with Crippen LogP contribution in [0.15, 0.2) is 11.5 Å².